The number of methoxy groups -OCH3 is 1. The van der Waals surface area contributed by atoms with Gasteiger partial charge in [-0.2, -0.15) is 0 Å². The van der Waals surface area contributed by atoms with E-state index in [0.29, 0.717) is 37.4 Å². The van der Waals surface area contributed by atoms with Gasteiger partial charge in [-0.25, -0.2) is 14.8 Å². The maximum absolute atomic E-state index is 14.2. The predicted molar refractivity (Wildman–Crippen MR) is 183 cm³/mol. The highest BCUT2D eigenvalue weighted by Gasteiger charge is 2.39. The van der Waals surface area contributed by atoms with Crippen molar-refractivity contribution in [3.05, 3.63) is 42.1 Å². The van der Waals surface area contributed by atoms with Crippen molar-refractivity contribution in [3.63, 3.8) is 0 Å². The lowest BCUT2D eigenvalue weighted by Gasteiger charge is -2.36. The van der Waals surface area contributed by atoms with Gasteiger partial charge in [0, 0.05) is 71.5 Å². The molecule has 2 aliphatic rings. The summed E-state index contributed by atoms with van der Waals surface area (Å²) >= 11 is 0. The summed E-state index contributed by atoms with van der Waals surface area (Å²) in [7, 11) is -1.74. The van der Waals surface area contributed by atoms with E-state index in [1.54, 1.807) is 19.2 Å². The van der Waals surface area contributed by atoms with E-state index in [9.17, 15) is 28.5 Å². The molecule has 0 saturated carbocycles. The second kappa shape index (κ2) is 19.2. The summed E-state index contributed by atoms with van der Waals surface area (Å²) in [5, 5.41) is 5.72. The summed E-state index contributed by atoms with van der Waals surface area (Å²) in [4.78, 5) is 76.8. The highest BCUT2D eigenvalue weighted by molar-refractivity contribution is 7.39. The number of benzene rings is 1. The molecule has 4 unspecified atom stereocenters. The van der Waals surface area contributed by atoms with Crippen LogP contribution in [0, 0.1) is 0 Å². The molecule has 0 spiro atoms. The molecular formula is C33H45N6O11P. The Balaban J connectivity index is 1.66. The Labute approximate surface area is 296 Å². The van der Waals surface area contributed by atoms with Gasteiger partial charge in [0.1, 0.15) is 17.6 Å². The van der Waals surface area contributed by atoms with Gasteiger partial charge in [-0.3, -0.25) is 33.2 Å². The first kappa shape index (κ1) is 39.3. The smallest absolute Gasteiger partial charge is 0.410 e. The third-order valence-electron chi connectivity index (χ3n) is 8.08. The molecule has 51 heavy (non-hydrogen) atoms. The van der Waals surface area contributed by atoms with Gasteiger partial charge in [0.25, 0.3) is 5.91 Å². The first-order valence-corrected chi connectivity index (χ1v) is 18.3. The van der Waals surface area contributed by atoms with Crippen LogP contribution in [0.3, 0.4) is 0 Å². The van der Waals surface area contributed by atoms with Gasteiger partial charge >= 0.3 is 24.5 Å². The van der Waals surface area contributed by atoms with E-state index in [4.69, 9.17) is 28.5 Å². The minimum absolute atomic E-state index is 0.0273. The molecule has 2 aliphatic heterocycles. The van der Waals surface area contributed by atoms with Crippen molar-refractivity contribution >= 4 is 43.6 Å². The molecule has 0 bridgehead atoms. The molecule has 3 heterocycles. The Morgan fingerprint density at radius 3 is 2.43 bits per heavy atom. The van der Waals surface area contributed by atoms with Crippen LogP contribution in [0.25, 0.3) is 11.4 Å². The average Bonchev–Trinajstić information content (AvgIpc) is 3.60. The van der Waals surface area contributed by atoms with Gasteiger partial charge in [-0.05, 0) is 12.8 Å². The number of hydrogen-bond donors (Lipinski definition) is 2. The fraction of sp³-hybridized carbons (Fsp3) is 0.545. The van der Waals surface area contributed by atoms with E-state index in [0.717, 1.165) is 26.7 Å². The predicted octanol–water partition coefficient (Wildman–Crippen LogP) is 2.15. The van der Waals surface area contributed by atoms with E-state index in [-0.39, 0.29) is 37.3 Å². The second-order valence-electron chi connectivity index (χ2n) is 11.9. The fourth-order valence-electron chi connectivity index (χ4n) is 5.47. The summed E-state index contributed by atoms with van der Waals surface area (Å²) in [6.45, 7) is 3.95. The van der Waals surface area contributed by atoms with Crippen LogP contribution in [-0.2, 0) is 42.4 Å². The zero-order chi connectivity index (χ0) is 36.9. The number of amides is 2. The molecule has 17 nitrogen and oxygen atoms in total. The molecule has 278 valence electrons. The average molecular weight is 733 g/mol. The molecule has 1 aromatic carbocycles. The van der Waals surface area contributed by atoms with Crippen LogP contribution in [0.15, 0.2) is 36.4 Å². The van der Waals surface area contributed by atoms with Crippen LogP contribution < -0.4 is 15.5 Å². The van der Waals surface area contributed by atoms with Gasteiger partial charge < -0.3 is 34.5 Å². The molecule has 2 saturated heterocycles. The second-order valence-corrected chi connectivity index (χ2v) is 13.3. The third kappa shape index (κ3) is 11.5. The monoisotopic (exact) mass is 732 g/mol. The molecular weight excluding hydrogens is 687 g/mol. The molecule has 0 radical (unpaired) electrons. The number of carbonyl (C=O) groups is 5. The maximum atomic E-state index is 14.2. The Morgan fingerprint density at radius 1 is 1.06 bits per heavy atom. The summed E-state index contributed by atoms with van der Waals surface area (Å²) in [5.41, 5.74) is 0.572. The van der Waals surface area contributed by atoms with Crippen molar-refractivity contribution < 1.29 is 52.0 Å². The maximum Gasteiger partial charge on any atom is 0.410 e. The van der Waals surface area contributed by atoms with Gasteiger partial charge in [0.15, 0.2) is 11.6 Å². The fourth-order valence-corrected chi connectivity index (χ4v) is 6.52. The number of carbonyl (C=O) groups excluding carboxylic acids is 5. The molecule has 4 rings (SSSR count). The van der Waals surface area contributed by atoms with Crippen LogP contribution in [0.4, 0.5) is 10.6 Å². The molecule has 18 heteroatoms. The number of piperazine rings is 1. The van der Waals surface area contributed by atoms with E-state index in [1.807, 2.05) is 30.0 Å². The minimum Gasteiger partial charge on any atom is -0.449 e. The highest BCUT2D eigenvalue weighted by atomic mass is 31.1. The minimum atomic E-state index is -3.37. The number of aromatic nitrogens is 2. The number of nitrogens with one attached hydrogen (secondary N) is 2. The summed E-state index contributed by atoms with van der Waals surface area (Å²) < 4.78 is 39.1. The number of anilines is 1. The number of nitrogens with zero attached hydrogens (tertiary/aromatic N) is 4. The van der Waals surface area contributed by atoms with Gasteiger partial charge in [0.2, 0.25) is 8.03 Å². The standard InChI is InChI=1S/C33H45N6O11P/c1-5-6-16-47-32(44)39-15-13-34-18-27(39)29(42)26(20-51(45)50-33(48-21(2)40)49-22(3)41)36-31(43)25-17-28(38-14-12-24(19-38)46-4)37-30(35-25)23-10-8-7-9-11-23/h7-11,17,24,26-27,33-34,51H,5-6,12-16,18-20H2,1-4H3,(H,36,43). The normalized spacial score (nSPS) is 18.5. The highest BCUT2D eigenvalue weighted by Crippen LogP contribution is 2.29. The quantitative estimate of drug-likeness (QED) is 0.110. The van der Waals surface area contributed by atoms with Crippen molar-refractivity contribution in [1.29, 1.82) is 0 Å². The zero-order valence-electron chi connectivity index (χ0n) is 29.1. The Kier molecular flexibility index (Phi) is 14.8. The lowest BCUT2D eigenvalue weighted by molar-refractivity contribution is -0.231. The van der Waals surface area contributed by atoms with Crippen LogP contribution in [0.1, 0.15) is 50.5 Å². The first-order valence-electron chi connectivity index (χ1n) is 16.7. The Bertz CT molecular complexity index is 1550. The topological polar surface area (TPSA) is 205 Å². The van der Waals surface area contributed by atoms with Crippen LogP contribution in [0.5, 0.6) is 0 Å². The van der Waals surface area contributed by atoms with Crippen LogP contribution in [0.2, 0.25) is 0 Å². The number of hydrogen-bond acceptors (Lipinski definition) is 15. The van der Waals surface area contributed by atoms with E-state index in [1.165, 1.54) is 11.0 Å². The molecule has 4 atom stereocenters. The number of ketones is 1. The molecule has 2 aromatic rings. The number of esters is 2. The molecule has 1 aromatic heterocycles. The third-order valence-corrected chi connectivity index (χ3v) is 9.28. The molecule has 2 amide bonds. The number of Topliss-reactive ketones (excluding diaryl/α,β-unsaturated/α-hetero) is 1. The van der Waals surface area contributed by atoms with E-state index < -0.39 is 62.5 Å². The van der Waals surface area contributed by atoms with E-state index >= 15 is 0 Å². The molecule has 0 aliphatic carbocycles. The largest absolute Gasteiger partial charge is 0.449 e. The van der Waals surface area contributed by atoms with Gasteiger partial charge in [-0.15, -0.1) is 0 Å². The van der Waals surface area contributed by atoms with Crippen molar-refractivity contribution in [2.24, 2.45) is 0 Å². The SMILES string of the molecule is CCCCOC(=O)N1CCNCC1C(=O)C(C[PH](=O)OC(OC(C)=O)OC(C)=O)NC(=O)c1cc(N2CCC(OC)C2)nc(-c2ccccc2)n1. The number of rotatable bonds is 16. The number of ether oxygens (including phenoxy) is 4. The first-order chi connectivity index (χ1) is 24.5. The Morgan fingerprint density at radius 2 is 1.78 bits per heavy atom. The summed E-state index contributed by atoms with van der Waals surface area (Å²) in [6.07, 6.45) is 0.852. The van der Waals surface area contributed by atoms with Crippen molar-refractivity contribution in [3.8, 4) is 11.4 Å². The van der Waals surface area contributed by atoms with Gasteiger partial charge in [-0.1, -0.05) is 43.7 Å². The van der Waals surface area contributed by atoms with Crippen molar-refractivity contribution in [1.82, 2.24) is 25.5 Å². The summed E-state index contributed by atoms with van der Waals surface area (Å²) in [5.74, 6) is -2.49. The zero-order valence-corrected chi connectivity index (χ0v) is 30.1. The molecule has 2 fully saturated rings. The van der Waals surface area contributed by atoms with E-state index in [2.05, 4.69) is 15.6 Å². The Hall–Kier alpha value is -4.44. The van der Waals surface area contributed by atoms with Crippen LogP contribution >= 0.6 is 8.03 Å². The lowest BCUT2D eigenvalue weighted by Crippen LogP contribution is -2.61. The van der Waals surface area contributed by atoms with Crippen molar-refractivity contribution in [2.75, 3.05) is 57.5 Å². The van der Waals surface area contributed by atoms with Crippen LogP contribution in [-0.4, -0.2) is 122 Å². The lowest BCUT2D eigenvalue weighted by atomic mass is 10.0. The number of unbranched alkanes of at least 4 members (excludes halogenated alkanes) is 1. The van der Waals surface area contributed by atoms with Crippen molar-refractivity contribution in [2.45, 2.75) is 64.7 Å². The van der Waals surface area contributed by atoms with Gasteiger partial charge in [0.05, 0.1) is 18.8 Å². The summed E-state index contributed by atoms with van der Waals surface area (Å²) in [6, 6.07) is 7.94. The molecule has 2 N–H and O–H groups in total.